The fourth-order valence-corrected chi connectivity index (χ4v) is 6.05. The normalized spacial score (nSPS) is 22.8. The van der Waals surface area contributed by atoms with Crippen molar-refractivity contribution >= 4 is 20.0 Å². The van der Waals surface area contributed by atoms with Crippen LogP contribution >= 0.6 is 0 Å². The van der Waals surface area contributed by atoms with Crippen molar-refractivity contribution in [1.82, 2.24) is 9.03 Å². The molecule has 0 amide bonds. The van der Waals surface area contributed by atoms with Crippen LogP contribution in [-0.2, 0) is 20.0 Å². The highest BCUT2D eigenvalue weighted by Crippen LogP contribution is 2.33. The van der Waals surface area contributed by atoms with Gasteiger partial charge in [0.25, 0.3) is 0 Å². The molecule has 0 unspecified atom stereocenters. The molecule has 0 atom stereocenters. The minimum absolute atomic E-state index is 0.105. The van der Waals surface area contributed by atoms with E-state index in [-0.39, 0.29) is 22.8 Å². The largest absolute Gasteiger partial charge is 0.216 e. The van der Waals surface area contributed by atoms with Crippen LogP contribution in [-0.4, -0.2) is 51.8 Å². The third-order valence-corrected chi connectivity index (χ3v) is 8.13. The fraction of sp³-hybridized carbons (Fsp3) is 1.00. The number of sulfonamides is 2. The van der Waals surface area contributed by atoms with Crippen molar-refractivity contribution in [1.29, 1.82) is 0 Å². The van der Waals surface area contributed by atoms with Crippen molar-refractivity contribution in [3.63, 3.8) is 0 Å². The van der Waals surface area contributed by atoms with Gasteiger partial charge in [-0.15, -0.1) is 0 Å². The quantitative estimate of drug-likeness (QED) is 0.743. The van der Waals surface area contributed by atoms with Crippen LogP contribution < -0.4 is 4.72 Å². The van der Waals surface area contributed by atoms with Crippen LogP contribution in [0.4, 0.5) is 0 Å². The molecule has 1 heterocycles. The molecule has 1 N–H and O–H groups in total. The van der Waals surface area contributed by atoms with Crippen molar-refractivity contribution in [2.24, 2.45) is 11.8 Å². The average molecular weight is 338 g/mol. The Morgan fingerprint density at radius 1 is 1.05 bits per heavy atom. The Labute approximate surface area is 128 Å². The van der Waals surface area contributed by atoms with Gasteiger partial charge in [-0.05, 0) is 37.5 Å². The van der Waals surface area contributed by atoms with Gasteiger partial charge in [-0.3, -0.25) is 0 Å². The molecule has 0 bridgehead atoms. The predicted molar refractivity (Wildman–Crippen MR) is 82.9 cm³/mol. The summed E-state index contributed by atoms with van der Waals surface area (Å²) >= 11 is 0. The maximum Gasteiger partial charge on any atom is 0.216 e. The minimum Gasteiger partial charge on any atom is -0.215 e. The number of hydrogen-bond donors (Lipinski definition) is 1. The van der Waals surface area contributed by atoms with E-state index in [2.05, 4.69) is 4.72 Å². The SMILES string of the molecule is CC(C)CS(=O)(=O)NCC1CCN(S(=O)(=O)C2CC2)CC1. The van der Waals surface area contributed by atoms with Crippen molar-refractivity contribution < 1.29 is 16.8 Å². The van der Waals surface area contributed by atoms with Crippen molar-refractivity contribution in [3.05, 3.63) is 0 Å². The molecule has 1 aliphatic carbocycles. The number of hydrogen-bond acceptors (Lipinski definition) is 4. The number of rotatable bonds is 7. The van der Waals surface area contributed by atoms with Crippen LogP contribution in [0.15, 0.2) is 0 Å². The molecule has 0 aromatic rings. The van der Waals surface area contributed by atoms with Gasteiger partial charge in [0, 0.05) is 19.6 Å². The van der Waals surface area contributed by atoms with Crippen LogP contribution in [0.25, 0.3) is 0 Å². The molecule has 1 saturated heterocycles. The second-order valence-corrected chi connectivity index (χ2v) is 10.7. The molecule has 0 radical (unpaired) electrons. The molecule has 2 aliphatic rings. The van der Waals surface area contributed by atoms with Crippen molar-refractivity contribution in [2.75, 3.05) is 25.4 Å². The highest BCUT2D eigenvalue weighted by atomic mass is 32.2. The zero-order valence-corrected chi connectivity index (χ0v) is 14.4. The predicted octanol–water partition coefficient (Wildman–Crippen LogP) is 0.766. The van der Waals surface area contributed by atoms with Crippen molar-refractivity contribution in [2.45, 2.75) is 44.8 Å². The molecule has 0 aromatic carbocycles. The first-order chi connectivity index (χ1) is 9.71. The lowest BCUT2D eigenvalue weighted by Gasteiger charge is -2.31. The summed E-state index contributed by atoms with van der Waals surface area (Å²) in [7, 11) is -6.28. The first-order valence-corrected chi connectivity index (χ1v) is 10.8. The molecule has 1 aliphatic heterocycles. The first-order valence-electron chi connectivity index (χ1n) is 7.67. The summed E-state index contributed by atoms with van der Waals surface area (Å²) in [6, 6.07) is 0. The van der Waals surface area contributed by atoms with Gasteiger partial charge in [0.05, 0.1) is 11.0 Å². The molecule has 0 aromatic heterocycles. The average Bonchev–Trinajstić information content (AvgIpc) is 3.20. The van der Waals surface area contributed by atoms with Crippen LogP contribution in [0.2, 0.25) is 0 Å². The van der Waals surface area contributed by atoms with Crippen LogP contribution in [0.1, 0.15) is 39.5 Å². The lowest BCUT2D eigenvalue weighted by molar-refractivity contribution is 0.274. The Hall–Kier alpha value is -0.180. The molecule has 2 rings (SSSR count). The number of nitrogens with zero attached hydrogens (tertiary/aromatic N) is 1. The monoisotopic (exact) mass is 338 g/mol. The van der Waals surface area contributed by atoms with Crippen LogP contribution in [0.3, 0.4) is 0 Å². The Morgan fingerprint density at radius 2 is 1.62 bits per heavy atom. The minimum atomic E-state index is -3.21. The summed E-state index contributed by atoms with van der Waals surface area (Å²) in [5.41, 5.74) is 0. The van der Waals surface area contributed by atoms with E-state index >= 15 is 0 Å². The maximum atomic E-state index is 12.1. The van der Waals surface area contributed by atoms with Crippen LogP contribution in [0, 0.1) is 11.8 Å². The van der Waals surface area contributed by atoms with E-state index in [9.17, 15) is 16.8 Å². The summed E-state index contributed by atoms with van der Waals surface area (Å²) in [4.78, 5) is 0. The van der Waals surface area contributed by atoms with Crippen LogP contribution in [0.5, 0.6) is 0 Å². The molecule has 2 fully saturated rings. The van der Waals surface area contributed by atoms with Gasteiger partial charge in [0.2, 0.25) is 20.0 Å². The summed E-state index contributed by atoms with van der Waals surface area (Å²) in [5.74, 6) is 0.479. The van der Waals surface area contributed by atoms with Gasteiger partial charge in [-0.1, -0.05) is 13.8 Å². The highest BCUT2D eigenvalue weighted by Gasteiger charge is 2.41. The third-order valence-electron chi connectivity index (χ3n) is 4.02. The first kappa shape index (κ1) is 17.2. The molecule has 6 nitrogen and oxygen atoms in total. The van der Waals surface area contributed by atoms with E-state index in [4.69, 9.17) is 0 Å². The zero-order valence-electron chi connectivity index (χ0n) is 12.8. The zero-order chi connectivity index (χ0) is 15.7. The Morgan fingerprint density at radius 3 is 2.10 bits per heavy atom. The van der Waals surface area contributed by atoms with Gasteiger partial charge in [0.1, 0.15) is 0 Å². The Kier molecular flexibility index (Phi) is 5.33. The molecular formula is C13H26N2O4S2. The number of nitrogens with one attached hydrogen (secondary N) is 1. The van der Waals surface area contributed by atoms with Crippen molar-refractivity contribution in [3.8, 4) is 0 Å². The lowest BCUT2D eigenvalue weighted by Crippen LogP contribution is -2.43. The van der Waals surface area contributed by atoms with Gasteiger partial charge < -0.3 is 0 Å². The summed E-state index contributed by atoms with van der Waals surface area (Å²) < 4.78 is 52.0. The standard InChI is InChI=1S/C13H26N2O4S2/c1-11(2)10-20(16,17)14-9-12-5-7-15(8-6-12)21(18,19)13-3-4-13/h11-14H,3-10H2,1-2H3. The van der Waals surface area contributed by atoms with Gasteiger partial charge in [-0.2, -0.15) is 0 Å². The molecular weight excluding hydrogens is 312 g/mol. The van der Waals surface area contributed by atoms with E-state index in [1.165, 1.54) is 0 Å². The van der Waals surface area contributed by atoms with E-state index in [0.29, 0.717) is 19.6 Å². The lowest BCUT2D eigenvalue weighted by atomic mass is 9.99. The maximum absolute atomic E-state index is 12.1. The second kappa shape index (κ2) is 6.52. The van der Waals surface area contributed by atoms with E-state index < -0.39 is 20.0 Å². The molecule has 0 spiro atoms. The Balaban J connectivity index is 1.77. The summed E-state index contributed by atoms with van der Waals surface area (Å²) in [5, 5.41) is -0.154. The van der Waals surface area contributed by atoms with Gasteiger partial charge in [0.15, 0.2) is 0 Å². The van der Waals surface area contributed by atoms with E-state index in [1.54, 1.807) is 4.31 Å². The number of piperidine rings is 1. The third kappa shape index (κ3) is 4.91. The van der Waals surface area contributed by atoms with E-state index in [0.717, 1.165) is 25.7 Å². The smallest absolute Gasteiger partial charge is 0.215 e. The molecule has 8 heteroatoms. The van der Waals surface area contributed by atoms with E-state index in [1.807, 2.05) is 13.8 Å². The van der Waals surface area contributed by atoms with Gasteiger partial charge >= 0.3 is 0 Å². The molecule has 124 valence electrons. The molecule has 21 heavy (non-hydrogen) atoms. The Bertz CT molecular complexity index is 545. The molecule has 1 saturated carbocycles. The second-order valence-electron chi connectivity index (χ2n) is 6.61. The fourth-order valence-electron chi connectivity index (χ4n) is 2.69. The summed E-state index contributed by atoms with van der Waals surface area (Å²) in [6.45, 7) is 5.22. The summed E-state index contributed by atoms with van der Waals surface area (Å²) in [6.07, 6.45) is 3.04. The highest BCUT2D eigenvalue weighted by molar-refractivity contribution is 7.90. The topological polar surface area (TPSA) is 83.6 Å². The van der Waals surface area contributed by atoms with Gasteiger partial charge in [-0.25, -0.2) is 25.9 Å².